The summed E-state index contributed by atoms with van der Waals surface area (Å²) >= 11 is 19.3. The Hall–Kier alpha value is -3.18. The smallest absolute Gasteiger partial charge is 0.341 e. The van der Waals surface area contributed by atoms with Gasteiger partial charge in [-0.25, -0.2) is 4.79 Å². The Balaban J connectivity index is 1.58. The van der Waals surface area contributed by atoms with Crippen molar-refractivity contribution in [1.29, 1.82) is 0 Å². The molecule has 7 heteroatoms. The van der Waals surface area contributed by atoms with E-state index in [9.17, 15) is 4.79 Å². The highest BCUT2D eigenvalue weighted by molar-refractivity contribution is 6.49. The number of esters is 1. The second-order valence-electron chi connectivity index (χ2n) is 9.10. The summed E-state index contributed by atoms with van der Waals surface area (Å²) in [6.07, 6.45) is 2.10. The van der Waals surface area contributed by atoms with Gasteiger partial charge in [-0.2, -0.15) is 0 Å². The molecule has 0 saturated heterocycles. The van der Waals surface area contributed by atoms with Crippen LogP contribution in [-0.4, -0.2) is 12.5 Å². The molecule has 186 valence electrons. The summed E-state index contributed by atoms with van der Waals surface area (Å²) in [6, 6.07) is 25.4. The number of unbranched alkanes of at least 4 members (excludes halogenated alkanes) is 1. The quantitative estimate of drug-likeness (QED) is 0.183. The van der Waals surface area contributed by atoms with Crippen LogP contribution in [0.15, 0.2) is 78.9 Å². The molecule has 2 heterocycles. The van der Waals surface area contributed by atoms with Gasteiger partial charge in [0.1, 0.15) is 11.5 Å². The van der Waals surface area contributed by atoms with Gasteiger partial charge in [0, 0.05) is 40.7 Å². The first kappa shape index (κ1) is 24.2. The SMILES string of the molecule is CCCCN(c1ccccc1)c1ccc2c(c1)Oc1ccccc1C21OC(=O)c2c1cc(Cl)c(Cl)c2Cl. The van der Waals surface area contributed by atoms with Crippen molar-refractivity contribution in [2.24, 2.45) is 0 Å². The summed E-state index contributed by atoms with van der Waals surface area (Å²) in [6.45, 7) is 3.02. The van der Waals surface area contributed by atoms with Crippen molar-refractivity contribution in [2.45, 2.75) is 25.4 Å². The van der Waals surface area contributed by atoms with Crippen LogP contribution < -0.4 is 9.64 Å². The molecule has 0 N–H and O–H groups in total. The molecule has 4 aromatic rings. The van der Waals surface area contributed by atoms with Crippen molar-refractivity contribution in [3.8, 4) is 11.5 Å². The van der Waals surface area contributed by atoms with Crippen LogP contribution in [0.2, 0.25) is 15.1 Å². The van der Waals surface area contributed by atoms with Crippen molar-refractivity contribution >= 4 is 52.1 Å². The lowest BCUT2D eigenvalue weighted by molar-refractivity contribution is 0.0224. The van der Waals surface area contributed by atoms with Gasteiger partial charge >= 0.3 is 5.97 Å². The maximum atomic E-state index is 13.3. The van der Waals surface area contributed by atoms with Gasteiger partial charge in [-0.15, -0.1) is 0 Å². The van der Waals surface area contributed by atoms with Gasteiger partial charge in [0.15, 0.2) is 5.60 Å². The van der Waals surface area contributed by atoms with Crippen molar-refractivity contribution < 1.29 is 14.3 Å². The summed E-state index contributed by atoms with van der Waals surface area (Å²) in [5.74, 6) is 0.630. The molecule has 1 atom stereocenters. The fourth-order valence-electron chi connectivity index (χ4n) is 5.21. The lowest BCUT2D eigenvalue weighted by Gasteiger charge is -2.37. The molecule has 0 saturated carbocycles. The van der Waals surface area contributed by atoms with Crippen LogP contribution in [0.1, 0.15) is 46.8 Å². The summed E-state index contributed by atoms with van der Waals surface area (Å²) in [4.78, 5) is 15.5. The Morgan fingerprint density at radius 1 is 0.784 bits per heavy atom. The molecule has 4 nitrogen and oxygen atoms in total. The largest absolute Gasteiger partial charge is 0.456 e. The van der Waals surface area contributed by atoms with Crippen LogP contribution in [0.3, 0.4) is 0 Å². The Labute approximate surface area is 230 Å². The van der Waals surface area contributed by atoms with Gasteiger partial charge in [0.2, 0.25) is 0 Å². The molecule has 0 amide bonds. The number of rotatable bonds is 5. The zero-order chi connectivity index (χ0) is 25.7. The number of para-hydroxylation sites is 2. The Bertz CT molecular complexity index is 1540. The number of carbonyl (C=O) groups is 1. The lowest BCUT2D eigenvalue weighted by atomic mass is 9.77. The number of anilines is 2. The minimum Gasteiger partial charge on any atom is -0.456 e. The molecule has 4 aromatic carbocycles. The van der Waals surface area contributed by atoms with Gasteiger partial charge in [-0.1, -0.05) is 84.5 Å². The summed E-state index contributed by atoms with van der Waals surface area (Å²) in [5, 5.41) is 0.462. The maximum Gasteiger partial charge on any atom is 0.341 e. The third-order valence-electron chi connectivity index (χ3n) is 6.94. The number of ether oxygens (including phenoxy) is 2. The normalized spacial score (nSPS) is 17.0. The first-order chi connectivity index (χ1) is 18.0. The van der Waals surface area contributed by atoms with Gasteiger partial charge in [-0.3, -0.25) is 0 Å². The monoisotopic (exact) mass is 549 g/mol. The zero-order valence-corrected chi connectivity index (χ0v) is 22.2. The van der Waals surface area contributed by atoms with Crippen molar-refractivity contribution in [2.75, 3.05) is 11.4 Å². The number of fused-ring (bicyclic) bond motifs is 6. The fourth-order valence-corrected chi connectivity index (χ4v) is 5.89. The summed E-state index contributed by atoms with van der Waals surface area (Å²) < 4.78 is 12.6. The second kappa shape index (κ2) is 9.29. The molecule has 0 bridgehead atoms. The van der Waals surface area contributed by atoms with Crippen LogP contribution in [0.25, 0.3) is 0 Å². The molecule has 1 spiro atoms. The van der Waals surface area contributed by atoms with Gasteiger partial charge in [0.25, 0.3) is 0 Å². The zero-order valence-electron chi connectivity index (χ0n) is 19.9. The number of carbonyl (C=O) groups excluding carboxylic acids is 1. The van der Waals surface area contributed by atoms with E-state index in [1.807, 2.05) is 60.7 Å². The van der Waals surface area contributed by atoms with Crippen LogP contribution in [0.4, 0.5) is 11.4 Å². The fraction of sp³-hybridized carbons (Fsp3) is 0.167. The number of hydrogen-bond acceptors (Lipinski definition) is 4. The molecule has 6 rings (SSSR count). The lowest BCUT2D eigenvalue weighted by Crippen LogP contribution is -2.33. The van der Waals surface area contributed by atoms with Crippen molar-refractivity contribution in [3.05, 3.63) is 116 Å². The highest BCUT2D eigenvalue weighted by atomic mass is 35.5. The first-order valence-electron chi connectivity index (χ1n) is 12.1. The van der Waals surface area contributed by atoms with E-state index in [1.165, 1.54) is 0 Å². The van der Waals surface area contributed by atoms with E-state index in [-0.39, 0.29) is 20.6 Å². The van der Waals surface area contributed by atoms with E-state index in [4.69, 9.17) is 44.3 Å². The Morgan fingerprint density at radius 2 is 1.51 bits per heavy atom. The van der Waals surface area contributed by atoms with E-state index in [2.05, 4.69) is 24.0 Å². The van der Waals surface area contributed by atoms with Gasteiger partial charge in [-0.05, 0) is 42.8 Å². The third-order valence-corrected chi connectivity index (χ3v) is 8.20. The Kier molecular flexibility index (Phi) is 6.07. The van der Waals surface area contributed by atoms with E-state index in [1.54, 1.807) is 6.07 Å². The van der Waals surface area contributed by atoms with Crippen molar-refractivity contribution in [1.82, 2.24) is 0 Å². The van der Waals surface area contributed by atoms with E-state index >= 15 is 0 Å². The molecule has 0 aliphatic carbocycles. The topological polar surface area (TPSA) is 38.8 Å². The van der Waals surface area contributed by atoms with Crippen LogP contribution in [-0.2, 0) is 10.3 Å². The molecular weight excluding hydrogens is 529 g/mol. The van der Waals surface area contributed by atoms with E-state index < -0.39 is 11.6 Å². The summed E-state index contributed by atoms with van der Waals surface area (Å²) in [5.41, 5.74) is 2.96. The maximum absolute atomic E-state index is 13.3. The number of halogens is 3. The second-order valence-corrected chi connectivity index (χ2v) is 10.3. The first-order valence-corrected chi connectivity index (χ1v) is 13.2. The molecule has 2 aliphatic rings. The average Bonchev–Trinajstić information content (AvgIpc) is 3.20. The number of hydrogen-bond donors (Lipinski definition) is 0. The van der Waals surface area contributed by atoms with Crippen LogP contribution in [0, 0.1) is 0 Å². The highest BCUT2D eigenvalue weighted by Crippen LogP contribution is 2.58. The van der Waals surface area contributed by atoms with Crippen molar-refractivity contribution in [3.63, 3.8) is 0 Å². The van der Waals surface area contributed by atoms with Gasteiger partial charge < -0.3 is 14.4 Å². The molecule has 0 radical (unpaired) electrons. The number of nitrogens with zero attached hydrogens (tertiary/aromatic N) is 1. The van der Waals surface area contributed by atoms with E-state index in [0.29, 0.717) is 28.2 Å². The predicted molar refractivity (Wildman–Crippen MR) is 148 cm³/mol. The molecule has 2 aliphatic heterocycles. The highest BCUT2D eigenvalue weighted by Gasteiger charge is 2.54. The standard InChI is InChI=1S/C30H22Cl3NO3/c1-2-3-15-34(18-9-5-4-6-10-18)19-13-14-21-25(16-19)36-24-12-8-7-11-20(24)30(21)22-17-23(31)27(32)28(33)26(22)29(35)37-30/h4-14,16-17H,2-3,15H2,1H3. The average molecular weight is 551 g/mol. The predicted octanol–water partition coefficient (Wildman–Crippen LogP) is 9.15. The molecule has 37 heavy (non-hydrogen) atoms. The third kappa shape index (κ3) is 3.70. The molecular formula is C30H22Cl3NO3. The van der Waals surface area contributed by atoms with Crippen LogP contribution >= 0.6 is 34.8 Å². The Morgan fingerprint density at radius 3 is 2.30 bits per heavy atom. The number of benzene rings is 4. The van der Waals surface area contributed by atoms with Crippen LogP contribution in [0.5, 0.6) is 11.5 Å². The molecule has 0 aromatic heterocycles. The minimum atomic E-state index is -1.27. The van der Waals surface area contributed by atoms with Gasteiger partial charge in [0.05, 0.1) is 20.6 Å². The van der Waals surface area contributed by atoms with E-state index in [0.717, 1.165) is 30.8 Å². The molecule has 0 fully saturated rings. The molecule has 1 unspecified atom stereocenters. The minimum absolute atomic E-state index is 0.0861. The summed E-state index contributed by atoms with van der Waals surface area (Å²) in [7, 11) is 0.